The van der Waals surface area contributed by atoms with Crippen LogP contribution in [-0.2, 0) is 14.3 Å². The zero-order valence-electron chi connectivity index (χ0n) is 25.9. The Morgan fingerprint density at radius 1 is 0.796 bits per heavy atom. The average Bonchev–Trinajstić information content (AvgIpc) is 3.81. The molecule has 49 heavy (non-hydrogen) atoms. The molecule has 0 atom stereocenters. The number of carbonyl (C=O) groups excluding carboxylic acids is 1. The van der Waals surface area contributed by atoms with E-state index in [1.54, 1.807) is 7.11 Å². The summed E-state index contributed by atoms with van der Waals surface area (Å²) in [6.45, 7) is 7.36. The van der Waals surface area contributed by atoms with Crippen molar-refractivity contribution in [3.8, 4) is 32.7 Å². The first-order valence-corrected chi connectivity index (χ1v) is 16.4. The molecule has 0 fully saturated rings. The maximum atomic E-state index is 11.3. The van der Waals surface area contributed by atoms with Crippen LogP contribution in [0.15, 0.2) is 121 Å². The molecule has 0 amide bonds. The Kier molecular flexibility index (Phi) is 9.63. The van der Waals surface area contributed by atoms with E-state index in [1.807, 2.05) is 84.9 Å². The minimum atomic E-state index is -1.25. The smallest absolute Gasteiger partial charge is 0.333 e. The number of hydrogen-bond donors (Lipinski definition) is 1. The molecule has 0 bridgehead atoms. The van der Waals surface area contributed by atoms with Crippen LogP contribution in [0.25, 0.3) is 48.7 Å². The summed E-state index contributed by atoms with van der Waals surface area (Å²) in [5.74, 6) is -0.531. The number of fused-ring (bicyclic) bond motifs is 1. The van der Waals surface area contributed by atoms with Gasteiger partial charge in [0.1, 0.15) is 11.8 Å². The number of benzene rings is 4. The standard InChI is InChI=1S/C39H25N3O5S2/c1-41-36(39(44)45)22-35-16-18-38(49-35)26-5-11-30(12-6-26)42(31-13-7-28-20-32(46-2)14-8-27(28)19-31)29-9-3-25(4-10-29)37-17-15-34(48-37)21-33(23-40)47-24-43/h3-22,24H,2H3,(H,44,45)/b33-21+,36-22-. The molecule has 0 aliphatic heterocycles. The Morgan fingerprint density at radius 3 is 1.88 bits per heavy atom. The summed E-state index contributed by atoms with van der Waals surface area (Å²) in [6, 6.07) is 38.1. The van der Waals surface area contributed by atoms with Crippen LogP contribution in [0.2, 0.25) is 0 Å². The number of aliphatic carboxylic acids is 1. The largest absolute Gasteiger partial charge is 0.497 e. The van der Waals surface area contributed by atoms with Crippen LogP contribution in [0, 0.1) is 17.9 Å². The molecule has 0 spiro atoms. The van der Waals surface area contributed by atoms with Gasteiger partial charge in [-0.3, -0.25) is 9.59 Å². The molecule has 0 aliphatic rings. The predicted molar refractivity (Wildman–Crippen MR) is 195 cm³/mol. The summed E-state index contributed by atoms with van der Waals surface area (Å²) in [4.78, 5) is 30.7. The highest BCUT2D eigenvalue weighted by atomic mass is 32.1. The lowest BCUT2D eigenvalue weighted by Crippen LogP contribution is -2.09. The second-order valence-corrected chi connectivity index (χ2v) is 12.7. The zero-order chi connectivity index (χ0) is 34.3. The third-order valence-electron chi connectivity index (χ3n) is 7.54. The van der Waals surface area contributed by atoms with Crippen LogP contribution in [0.3, 0.4) is 0 Å². The van der Waals surface area contributed by atoms with Gasteiger partial charge in [-0.15, -0.1) is 22.7 Å². The molecule has 0 aliphatic carbocycles. The third-order valence-corrected chi connectivity index (χ3v) is 9.70. The minimum absolute atomic E-state index is 0.0713. The Morgan fingerprint density at radius 2 is 1.35 bits per heavy atom. The van der Waals surface area contributed by atoms with E-state index in [1.165, 1.54) is 34.8 Å². The number of rotatable bonds is 11. The summed E-state index contributed by atoms with van der Waals surface area (Å²) < 4.78 is 10.1. The molecule has 6 rings (SSSR count). The van der Waals surface area contributed by atoms with Gasteiger partial charge in [0.05, 0.1) is 13.7 Å². The first-order valence-electron chi connectivity index (χ1n) is 14.7. The molecular formula is C39H25N3O5S2. The SMILES string of the molecule is [C-]#[N+]/C(=C\c1ccc(-c2ccc(N(c3ccc(-c4ccc(/C=C(\C#N)OC=O)s4)cc3)c3ccc4cc(OC)ccc4c3)cc2)s1)C(=O)O. The van der Waals surface area contributed by atoms with E-state index in [2.05, 4.69) is 40.1 Å². The molecular weight excluding hydrogens is 655 g/mol. The summed E-state index contributed by atoms with van der Waals surface area (Å²) in [5.41, 5.74) is 4.48. The Balaban J connectivity index is 1.35. The van der Waals surface area contributed by atoms with Crippen LogP contribution in [0.5, 0.6) is 5.75 Å². The topological polar surface area (TPSA) is 104 Å². The number of allylic oxidation sites excluding steroid dienone is 1. The van der Waals surface area contributed by atoms with Crippen molar-refractivity contribution >= 4 is 75.1 Å². The summed E-state index contributed by atoms with van der Waals surface area (Å²) in [7, 11) is 1.65. The number of nitrogens with zero attached hydrogens (tertiary/aromatic N) is 3. The average molecular weight is 680 g/mol. The molecule has 4 aromatic carbocycles. The highest BCUT2D eigenvalue weighted by Crippen LogP contribution is 2.40. The van der Waals surface area contributed by atoms with Crippen molar-refractivity contribution in [1.29, 1.82) is 5.26 Å². The fourth-order valence-corrected chi connectivity index (χ4v) is 7.09. The van der Waals surface area contributed by atoms with Gasteiger partial charge < -0.3 is 19.5 Å². The number of ether oxygens (including phenoxy) is 2. The second kappa shape index (κ2) is 14.5. The number of methoxy groups -OCH3 is 1. The number of nitriles is 1. The summed E-state index contributed by atoms with van der Waals surface area (Å²) in [5, 5.41) is 20.5. The second-order valence-electron chi connectivity index (χ2n) is 10.5. The fraction of sp³-hybridized carbons (Fsp3) is 0.0256. The van der Waals surface area contributed by atoms with Crippen LogP contribution in [-0.4, -0.2) is 24.7 Å². The van der Waals surface area contributed by atoms with Crippen molar-refractivity contribution in [2.75, 3.05) is 12.0 Å². The third kappa shape index (κ3) is 7.27. The molecule has 0 saturated carbocycles. The maximum Gasteiger partial charge on any atom is 0.333 e. The summed E-state index contributed by atoms with van der Waals surface area (Å²) in [6.07, 6.45) is 2.92. The van der Waals surface area contributed by atoms with E-state index in [0.717, 1.165) is 59.3 Å². The highest BCUT2D eigenvalue weighted by molar-refractivity contribution is 7.16. The fourth-order valence-electron chi connectivity index (χ4n) is 5.20. The lowest BCUT2D eigenvalue weighted by molar-refractivity contribution is -0.132. The monoisotopic (exact) mass is 679 g/mol. The molecule has 6 aromatic rings. The lowest BCUT2D eigenvalue weighted by Gasteiger charge is -2.26. The van der Waals surface area contributed by atoms with E-state index in [-0.39, 0.29) is 17.9 Å². The quantitative estimate of drug-likeness (QED) is 0.0478. The molecule has 238 valence electrons. The van der Waals surface area contributed by atoms with Crippen molar-refractivity contribution < 1.29 is 24.2 Å². The van der Waals surface area contributed by atoms with Gasteiger partial charge in [-0.1, -0.05) is 36.4 Å². The Labute approximate surface area is 290 Å². The van der Waals surface area contributed by atoms with Gasteiger partial charge in [0, 0.05) is 42.6 Å². The van der Waals surface area contributed by atoms with E-state index in [4.69, 9.17) is 16.0 Å². The Bertz CT molecular complexity index is 2320. The maximum absolute atomic E-state index is 11.3. The normalized spacial score (nSPS) is 11.4. The molecule has 8 nitrogen and oxygen atoms in total. The molecule has 2 heterocycles. The van der Waals surface area contributed by atoms with E-state index >= 15 is 0 Å². The van der Waals surface area contributed by atoms with Gasteiger partial charge in [-0.25, -0.2) is 4.85 Å². The number of carboxylic acid groups (broad SMARTS) is 1. The van der Waals surface area contributed by atoms with E-state index in [9.17, 15) is 20.0 Å². The molecule has 0 radical (unpaired) electrons. The van der Waals surface area contributed by atoms with E-state index < -0.39 is 5.97 Å². The molecule has 2 aromatic heterocycles. The zero-order valence-corrected chi connectivity index (χ0v) is 27.5. The van der Waals surface area contributed by atoms with Crippen molar-refractivity contribution in [3.05, 3.63) is 142 Å². The van der Waals surface area contributed by atoms with Gasteiger partial charge in [0.2, 0.25) is 5.76 Å². The van der Waals surface area contributed by atoms with E-state index in [0.29, 0.717) is 4.88 Å². The minimum Gasteiger partial charge on any atom is -0.497 e. The van der Waals surface area contributed by atoms with Crippen LogP contribution in [0.4, 0.5) is 17.1 Å². The summed E-state index contributed by atoms with van der Waals surface area (Å²) >= 11 is 2.90. The molecule has 1 N–H and O–H groups in total. The van der Waals surface area contributed by atoms with Crippen molar-refractivity contribution in [1.82, 2.24) is 0 Å². The van der Waals surface area contributed by atoms with Crippen LogP contribution >= 0.6 is 22.7 Å². The first-order chi connectivity index (χ1) is 23.9. The van der Waals surface area contributed by atoms with Crippen molar-refractivity contribution in [3.63, 3.8) is 0 Å². The number of carbonyl (C=O) groups is 2. The molecule has 10 heteroatoms. The predicted octanol–water partition coefficient (Wildman–Crippen LogP) is 10.2. The van der Waals surface area contributed by atoms with Crippen LogP contribution < -0.4 is 9.64 Å². The van der Waals surface area contributed by atoms with Crippen molar-refractivity contribution in [2.24, 2.45) is 0 Å². The first kappa shape index (κ1) is 32.5. The molecule has 0 unspecified atom stereocenters. The van der Waals surface area contributed by atoms with Crippen LogP contribution in [0.1, 0.15) is 9.75 Å². The Hall–Kier alpha value is -6.46. The van der Waals surface area contributed by atoms with Crippen molar-refractivity contribution in [2.45, 2.75) is 0 Å². The highest BCUT2D eigenvalue weighted by Gasteiger charge is 2.15. The van der Waals surface area contributed by atoms with Gasteiger partial charge in [0.25, 0.3) is 12.2 Å². The van der Waals surface area contributed by atoms with Gasteiger partial charge in [0.15, 0.2) is 0 Å². The lowest BCUT2D eigenvalue weighted by atomic mass is 10.1. The van der Waals surface area contributed by atoms with Gasteiger partial charge in [-0.2, -0.15) is 5.26 Å². The van der Waals surface area contributed by atoms with Gasteiger partial charge in [-0.05, 0) is 101 Å². The number of anilines is 3. The molecule has 0 saturated heterocycles. The number of carboxylic acids is 1. The number of thiophene rings is 2. The van der Waals surface area contributed by atoms with Gasteiger partial charge >= 0.3 is 5.97 Å². The number of hydrogen-bond acceptors (Lipinski definition) is 8.